The second kappa shape index (κ2) is 9.96. The van der Waals surface area contributed by atoms with E-state index in [0.717, 1.165) is 63.8 Å². The molecule has 1 saturated heterocycles. The van der Waals surface area contributed by atoms with Gasteiger partial charge in [-0.15, -0.1) is 0 Å². The molecule has 4 N–H and O–H groups in total. The minimum Gasteiger partial charge on any atom is -0.384 e. The van der Waals surface area contributed by atoms with Gasteiger partial charge < -0.3 is 11.1 Å². The summed E-state index contributed by atoms with van der Waals surface area (Å²) >= 11 is 0. The predicted molar refractivity (Wildman–Crippen MR) is 125 cm³/mol. The van der Waals surface area contributed by atoms with Gasteiger partial charge in [0.25, 0.3) is 0 Å². The summed E-state index contributed by atoms with van der Waals surface area (Å²) in [6.45, 7) is 2.94. The molecule has 6 nitrogen and oxygen atoms in total. The van der Waals surface area contributed by atoms with Crippen molar-refractivity contribution in [3.63, 3.8) is 0 Å². The maximum absolute atomic E-state index is 13.4. The maximum Gasteiger partial charge on any atom is 0.322 e. The number of carbonyl (C=O) groups excluding carboxylic acids is 1. The molecule has 0 bridgehead atoms. The van der Waals surface area contributed by atoms with Crippen molar-refractivity contribution in [3.05, 3.63) is 65.7 Å². The fraction of sp³-hybridized carbons (Fsp3) is 0.440. The highest BCUT2D eigenvalue weighted by Gasteiger charge is 2.30. The molecule has 1 aliphatic carbocycles. The van der Waals surface area contributed by atoms with Crippen LogP contribution in [0.4, 0.5) is 10.5 Å². The van der Waals surface area contributed by atoms with E-state index in [4.69, 9.17) is 11.1 Å². The predicted octanol–water partition coefficient (Wildman–Crippen LogP) is 4.09. The number of benzene rings is 2. The second-order valence-electron chi connectivity index (χ2n) is 8.76. The highest BCUT2D eigenvalue weighted by molar-refractivity contribution is 5.98. The van der Waals surface area contributed by atoms with Crippen molar-refractivity contribution in [2.75, 3.05) is 18.0 Å². The molecule has 1 saturated carbocycles. The minimum absolute atomic E-state index is 0.0193. The molecule has 0 atom stereocenters. The van der Waals surface area contributed by atoms with E-state index in [1.807, 2.05) is 35.2 Å². The summed E-state index contributed by atoms with van der Waals surface area (Å²) in [7, 11) is 0. The largest absolute Gasteiger partial charge is 0.384 e. The second-order valence-corrected chi connectivity index (χ2v) is 8.76. The van der Waals surface area contributed by atoms with Crippen LogP contribution in [0.25, 0.3) is 0 Å². The van der Waals surface area contributed by atoms with Crippen molar-refractivity contribution in [1.82, 2.24) is 10.2 Å². The Kier molecular flexibility index (Phi) is 6.87. The summed E-state index contributed by atoms with van der Waals surface area (Å²) in [5.41, 5.74) is 8.51. The molecular weight excluding hydrogens is 386 g/mol. The maximum atomic E-state index is 13.4. The summed E-state index contributed by atoms with van der Waals surface area (Å²) in [5, 5.41) is 11.1. The number of amides is 2. The molecule has 0 spiro atoms. The highest BCUT2D eigenvalue weighted by Crippen LogP contribution is 2.29. The van der Waals surface area contributed by atoms with Gasteiger partial charge in [-0.2, -0.15) is 0 Å². The number of nitrogens with two attached hydrogens (primary N) is 1. The third-order valence-electron chi connectivity index (χ3n) is 6.51. The summed E-state index contributed by atoms with van der Waals surface area (Å²) in [6, 6.07) is 18.5. The van der Waals surface area contributed by atoms with Gasteiger partial charge in [0.1, 0.15) is 5.84 Å². The molecule has 1 heterocycles. The number of carbonyl (C=O) groups is 1. The molecular formula is C25H33N5O. The molecule has 0 aromatic heterocycles. The van der Waals surface area contributed by atoms with Crippen molar-refractivity contribution in [2.24, 2.45) is 5.73 Å². The van der Waals surface area contributed by atoms with Gasteiger partial charge in [0.15, 0.2) is 0 Å². The van der Waals surface area contributed by atoms with Gasteiger partial charge in [0.2, 0.25) is 0 Å². The van der Waals surface area contributed by atoms with Gasteiger partial charge >= 0.3 is 6.03 Å². The van der Waals surface area contributed by atoms with Gasteiger partial charge in [-0.1, -0.05) is 55.3 Å². The number of rotatable bonds is 6. The zero-order valence-corrected chi connectivity index (χ0v) is 18.1. The third kappa shape index (κ3) is 5.44. The van der Waals surface area contributed by atoms with Crippen LogP contribution in [0.2, 0.25) is 0 Å². The number of nitrogens with one attached hydrogen (secondary N) is 2. The standard InChI is InChI=1S/C25H33N5O/c26-24(27)20-9-6-12-23(17-20)30(22-10-4-5-11-22)25(31)28-21-13-15-29(16-14-21)18-19-7-2-1-3-8-19/h1-3,6-9,12,17,21-22H,4-5,10-11,13-16,18H2,(H3,26,27)(H,28,31). The molecule has 1 aliphatic heterocycles. The van der Waals surface area contributed by atoms with Crippen LogP contribution in [-0.2, 0) is 6.54 Å². The number of anilines is 1. The van der Waals surface area contributed by atoms with E-state index < -0.39 is 0 Å². The lowest BCUT2D eigenvalue weighted by Crippen LogP contribution is -2.51. The topological polar surface area (TPSA) is 85.5 Å². The molecule has 4 rings (SSSR count). The third-order valence-corrected chi connectivity index (χ3v) is 6.51. The monoisotopic (exact) mass is 419 g/mol. The lowest BCUT2D eigenvalue weighted by Gasteiger charge is -2.35. The Bertz CT molecular complexity index is 886. The van der Waals surface area contributed by atoms with Crippen LogP contribution in [-0.4, -0.2) is 41.9 Å². The van der Waals surface area contributed by atoms with E-state index in [2.05, 4.69) is 34.5 Å². The Hall–Kier alpha value is -2.86. The van der Waals surface area contributed by atoms with Gasteiger partial charge in [-0.25, -0.2) is 4.79 Å². The Morgan fingerprint density at radius 1 is 1.03 bits per heavy atom. The number of nitrogen functional groups attached to an aromatic ring is 1. The van der Waals surface area contributed by atoms with Crippen LogP contribution in [0.15, 0.2) is 54.6 Å². The van der Waals surface area contributed by atoms with Gasteiger partial charge in [-0.05, 0) is 43.4 Å². The van der Waals surface area contributed by atoms with Crippen LogP contribution >= 0.6 is 0 Å². The minimum atomic E-state index is -0.0193. The fourth-order valence-corrected chi connectivity index (χ4v) is 4.80. The molecule has 0 radical (unpaired) electrons. The molecule has 2 fully saturated rings. The molecule has 164 valence electrons. The lowest BCUT2D eigenvalue weighted by atomic mass is 10.0. The normalized spacial score (nSPS) is 18.1. The van der Waals surface area contributed by atoms with Crippen LogP contribution in [0.1, 0.15) is 49.7 Å². The van der Waals surface area contributed by atoms with Crippen molar-refractivity contribution in [2.45, 2.75) is 57.2 Å². The summed E-state index contributed by atoms with van der Waals surface area (Å²) in [6.07, 6.45) is 6.27. The first-order chi connectivity index (χ1) is 15.1. The van der Waals surface area contributed by atoms with Crippen molar-refractivity contribution in [3.8, 4) is 0 Å². The molecule has 6 heteroatoms. The molecule has 2 aromatic rings. The number of nitrogens with zero attached hydrogens (tertiary/aromatic N) is 2. The average Bonchev–Trinajstić information content (AvgIpc) is 3.30. The van der Waals surface area contributed by atoms with Crippen LogP contribution < -0.4 is 16.0 Å². The fourth-order valence-electron chi connectivity index (χ4n) is 4.80. The molecule has 2 amide bonds. The van der Waals surface area contributed by atoms with Gasteiger partial charge in [0, 0.05) is 43.0 Å². The lowest BCUT2D eigenvalue weighted by molar-refractivity contribution is 0.187. The first kappa shape index (κ1) is 21.4. The van der Waals surface area contributed by atoms with Crippen molar-refractivity contribution < 1.29 is 4.79 Å². The number of amidine groups is 1. The van der Waals surface area contributed by atoms with Crippen molar-refractivity contribution >= 4 is 17.6 Å². The van der Waals surface area contributed by atoms with E-state index in [1.54, 1.807) is 0 Å². The van der Waals surface area contributed by atoms with E-state index in [1.165, 1.54) is 5.56 Å². The Morgan fingerprint density at radius 3 is 2.42 bits per heavy atom. The van der Waals surface area contributed by atoms with E-state index in [9.17, 15) is 4.79 Å². The SMILES string of the molecule is N=C(N)c1cccc(N(C(=O)NC2CCN(Cc3ccccc3)CC2)C2CCCC2)c1. The van der Waals surface area contributed by atoms with Crippen LogP contribution in [0.5, 0.6) is 0 Å². The molecule has 0 unspecified atom stereocenters. The molecule has 31 heavy (non-hydrogen) atoms. The van der Waals surface area contributed by atoms with E-state index >= 15 is 0 Å². The van der Waals surface area contributed by atoms with Crippen LogP contribution in [0.3, 0.4) is 0 Å². The van der Waals surface area contributed by atoms with Crippen LogP contribution in [0, 0.1) is 5.41 Å². The summed E-state index contributed by atoms with van der Waals surface area (Å²) in [5.74, 6) is 0.0272. The number of hydrogen-bond acceptors (Lipinski definition) is 3. The Balaban J connectivity index is 1.39. The zero-order valence-electron chi connectivity index (χ0n) is 18.1. The van der Waals surface area contributed by atoms with Gasteiger partial charge in [-0.3, -0.25) is 15.2 Å². The number of piperidine rings is 1. The van der Waals surface area contributed by atoms with Crippen molar-refractivity contribution in [1.29, 1.82) is 5.41 Å². The summed E-state index contributed by atoms with van der Waals surface area (Å²) in [4.78, 5) is 17.7. The average molecular weight is 420 g/mol. The number of hydrogen-bond donors (Lipinski definition) is 3. The quantitative estimate of drug-likeness (QED) is 0.487. The number of likely N-dealkylation sites (tertiary alicyclic amines) is 1. The smallest absolute Gasteiger partial charge is 0.322 e. The van der Waals surface area contributed by atoms with E-state index in [-0.39, 0.29) is 24.0 Å². The highest BCUT2D eigenvalue weighted by atomic mass is 16.2. The number of urea groups is 1. The Morgan fingerprint density at radius 2 is 1.74 bits per heavy atom. The van der Waals surface area contributed by atoms with E-state index in [0.29, 0.717) is 5.56 Å². The summed E-state index contributed by atoms with van der Waals surface area (Å²) < 4.78 is 0. The molecule has 2 aliphatic rings. The first-order valence-electron chi connectivity index (χ1n) is 11.4. The van der Waals surface area contributed by atoms with Gasteiger partial charge in [0.05, 0.1) is 0 Å². The first-order valence-corrected chi connectivity index (χ1v) is 11.4. The molecule has 2 aromatic carbocycles. The Labute approximate surface area is 184 Å². The zero-order chi connectivity index (χ0) is 21.6.